The van der Waals surface area contributed by atoms with E-state index in [1.54, 1.807) is 60.7 Å². The minimum absolute atomic E-state index is 0.219. The van der Waals surface area contributed by atoms with Crippen molar-refractivity contribution in [3.05, 3.63) is 106 Å². The highest BCUT2D eigenvalue weighted by atomic mass is 35.5. The van der Waals surface area contributed by atoms with Gasteiger partial charge in [0.1, 0.15) is 18.1 Å². The number of halogens is 1. The molecule has 0 heterocycles. The molecule has 0 fully saturated rings. The molecule has 0 aliphatic carbocycles. The second-order valence-corrected chi connectivity index (χ2v) is 6.54. The second-order valence-electron chi connectivity index (χ2n) is 6.13. The minimum Gasteiger partial charge on any atom is -0.489 e. The van der Waals surface area contributed by atoms with E-state index in [0.29, 0.717) is 28.5 Å². The smallest absolute Gasteiger partial charge is 0.352 e. The van der Waals surface area contributed by atoms with E-state index in [0.717, 1.165) is 5.56 Å². The number of hydrogen-bond donors (Lipinski definition) is 2. The van der Waals surface area contributed by atoms with Gasteiger partial charge in [0.05, 0.1) is 0 Å². The lowest BCUT2D eigenvalue weighted by Gasteiger charge is -2.09. The number of nitrogens with one attached hydrogen (secondary N) is 1. The lowest BCUT2D eigenvalue weighted by molar-refractivity contribution is -0.132. The van der Waals surface area contributed by atoms with E-state index < -0.39 is 11.9 Å². The number of carbonyl (C=O) groups is 2. The maximum atomic E-state index is 12.2. The molecule has 3 aromatic rings. The molecular weight excluding hydrogens is 390 g/mol. The van der Waals surface area contributed by atoms with Crippen molar-refractivity contribution in [3.8, 4) is 5.75 Å². The molecule has 0 spiro atoms. The molecule has 0 aromatic heterocycles. The minimum atomic E-state index is -1.23. The van der Waals surface area contributed by atoms with Crippen LogP contribution in [0, 0.1) is 0 Å². The first-order chi connectivity index (χ1) is 14.0. The summed E-state index contributed by atoms with van der Waals surface area (Å²) >= 11 is 6.11. The van der Waals surface area contributed by atoms with E-state index in [2.05, 4.69) is 5.32 Å². The highest BCUT2D eigenvalue weighted by Crippen LogP contribution is 2.19. The third kappa shape index (κ3) is 5.70. The summed E-state index contributed by atoms with van der Waals surface area (Å²) in [7, 11) is 0. The van der Waals surface area contributed by atoms with Crippen LogP contribution >= 0.6 is 11.6 Å². The van der Waals surface area contributed by atoms with E-state index in [-0.39, 0.29) is 5.70 Å². The summed E-state index contributed by atoms with van der Waals surface area (Å²) in [5, 5.41) is 12.5. The molecule has 0 unspecified atom stereocenters. The Bertz CT molecular complexity index is 1030. The number of carbonyl (C=O) groups excluding carboxylic acids is 1. The molecule has 0 saturated heterocycles. The van der Waals surface area contributed by atoms with Crippen molar-refractivity contribution < 1.29 is 19.4 Å². The number of aliphatic carboxylic acids is 1. The number of carboxylic acid groups (broad SMARTS) is 1. The summed E-state index contributed by atoms with van der Waals surface area (Å²) in [5.74, 6) is -1.10. The molecule has 0 atom stereocenters. The van der Waals surface area contributed by atoms with Gasteiger partial charge in [0.15, 0.2) is 0 Å². The maximum absolute atomic E-state index is 12.2. The largest absolute Gasteiger partial charge is 0.489 e. The molecule has 29 heavy (non-hydrogen) atoms. The van der Waals surface area contributed by atoms with Crippen LogP contribution in [0.15, 0.2) is 84.6 Å². The Kier molecular flexibility index (Phi) is 6.66. The molecule has 2 N–H and O–H groups in total. The Morgan fingerprint density at radius 2 is 1.59 bits per heavy atom. The maximum Gasteiger partial charge on any atom is 0.352 e. The normalized spacial score (nSPS) is 11.0. The summed E-state index contributed by atoms with van der Waals surface area (Å²) in [6.07, 6.45) is 1.39. The molecule has 3 rings (SSSR count). The monoisotopic (exact) mass is 407 g/mol. The van der Waals surface area contributed by atoms with E-state index in [9.17, 15) is 14.7 Å². The fourth-order valence-electron chi connectivity index (χ4n) is 2.54. The summed E-state index contributed by atoms with van der Waals surface area (Å²) in [4.78, 5) is 23.7. The summed E-state index contributed by atoms with van der Waals surface area (Å²) < 4.78 is 5.71. The van der Waals surface area contributed by atoms with E-state index in [1.165, 1.54) is 6.08 Å². The average Bonchev–Trinajstić information content (AvgIpc) is 2.74. The topological polar surface area (TPSA) is 75.6 Å². The van der Waals surface area contributed by atoms with Gasteiger partial charge in [-0.3, -0.25) is 4.79 Å². The highest BCUT2D eigenvalue weighted by molar-refractivity contribution is 6.31. The molecule has 0 radical (unpaired) electrons. The lowest BCUT2D eigenvalue weighted by atomic mass is 10.1. The molecule has 0 bridgehead atoms. The third-order valence-corrected chi connectivity index (χ3v) is 4.43. The first kappa shape index (κ1) is 20.2. The van der Waals surface area contributed by atoms with E-state index >= 15 is 0 Å². The van der Waals surface area contributed by atoms with Gasteiger partial charge in [0.25, 0.3) is 5.91 Å². The van der Waals surface area contributed by atoms with E-state index in [1.807, 2.05) is 18.2 Å². The van der Waals surface area contributed by atoms with Crippen LogP contribution in [0.4, 0.5) is 0 Å². The van der Waals surface area contributed by atoms with Gasteiger partial charge in [-0.1, -0.05) is 60.1 Å². The Labute approximate surface area is 173 Å². The van der Waals surface area contributed by atoms with Crippen LogP contribution < -0.4 is 10.1 Å². The number of hydrogen-bond acceptors (Lipinski definition) is 3. The van der Waals surface area contributed by atoms with Gasteiger partial charge in [-0.15, -0.1) is 0 Å². The number of ether oxygens (including phenoxy) is 1. The average molecular weight is 408 g/mol. The lowest BCUT2D eigenvalue weighted by Crippen LogP contribution is -2.27. The van der Waals surface area contributed by atoms with Crippen molar-refractivity contribution >= 4 is 29.6 Å². The zero-order valence-electron chi connectivity index (χ0n) is 15.3. The highest BCUT2D eigenvalue weighted by Gasteiger charge is 2.13. The van der Waals surface area contributed by atoms with Crippen molar-refractivity contribution in [2.24, 2.45) is 0 Å². The van der Waals surface area contributed by atoms with Gasteiger partial charge in [-0.05, 0) is 42.0 Å². The van der Waals surface area contributed by atoms with Crippen LogP contribution in [0.1, 0.15) is 21.5 Å². The van der Waals surface area contributed by atoms with Crippen LogP contribution in [0.25, 0.3) is 6.08 Å². The van der Waals surface area contributed by atoms with Gasteiger partial charge >= 0.3 is 5.97 Å². The quantitative estimate of drug-likeness (QED) is 0.553. The summed E-state index contributed by atoms with van der Waals surface area (Å²) in [6.45, 7) is 0.322. The molecule has 3 aromatic carbocycles. The zero-order chi connectivity index (χ0) is 20.6. The second kappa shape index (κ2) is 9.57. The Morgan fingerprint density at radius 1 is 0.931 bits per heavy atom. The summed E-state index contributed by atoms with van der Waals surface area (Å²) in [6, 6.07) is 22.7. The molecule has 146 valence electrons. The molecule has 0 aliphatic rings. The molecule has 6 heteroatoms. The number of amides is 1. The SMILES string of the molecule is O=C(O)/C(=C/c1ccc(OCc2ccccc2Cl)cc1)NC(=O)c1ccccc1. The van der Waals surface area contributed by atoms with Crippen molar-refractivity contribution in [1.29, 1.82) is 0 Å². The van der Waals surface area contributed by atoms with Gasteiger partial charge in [-0.2, -0.15) is 0 Å². The van der Waals surface area contributed by atoms with Crippen molar-refractivity contribution in [3.63, 3.8) is 0 Å². The van der Waals surface area contributed by atoms with Crippen molar-refractivity contribution in [2.75, 3.05) is 0 Å². The van der Waals surface area contributed by atoms with Gasteiger partial charge in [0, 0.05) is 16.1 Å². The Morgan fingerprint density at radius 3 is 2.24 bits per heavy atom. The van der Waals surface area contributed by atoms with Gasteiger partial charge in [0.2, 0.25) is 0 Å². The van der Waals surface area contributed by atoms with Crippen LogP contribution in [-0.4, -0.2) is 17.0 Å². The summed E-state index contributed by atoms with van der Waals surface area (Å²) in [5.41, 5.74) is 1.64. The molecule has 1 amide bonds. The van der Waals surface area contributed by atoms with Crippen LogP contribution in [-0.2, 0) is 11.4 Å². The predicted molar refractivity (Wildman–Crippen MR) is 112 cm³/mol. The van der Waals surface area contributed by atoms with Crippen LogP contribution in [0.3, 0.4) is 0 Å². The Hall–Kier alpha value is -3.57. The molecular formula is C23H18ClNO4. The number of benzene rings is 3. The first-order valence-corrected chi connectivity index (χ1v) is 9.18. The van der Waals surface area contributed by atoms with E-state index in [4.69, 9.17) is 16.3 Å². The zero-order valence-corrected chi connectivity index (χ0v) is 16.1. The molecule has 0 saturated carbocycles. The number of carboxylic acids is 1. The fourth-order valence-corrected chi connectivity index (χ4v) is 2.73. The standard InChI is InChI=1S/C23H18ClNO4/c24-20-9-5-4-8-18(20)15-29-19-12-10-16(11-13-19)14-21(23(27)28)25-22(26)17-6-2-1-3-7-17/h1-14H,15H2,(H,25,26)(H,27,28)/b21-14-. The molecule has 0 aliphatic heterocycles. The van der Waals surface area contributed by atoms with Crippen LogP contribution in [0.5, 0.6) is 5.75 Å². The third-order valence-electron chi connectivity index (χ3n) is 4.06. The van der Waals surface area contributed by atoms with Gasteiger partial charge in [-0.25, -0.2) is 4.79 Å². The number of rotatable bonds is 7. The fraction of sp³-hybridized carbons (Fsp3) is 0.0435. The van der Waals surface area contributed by atoms with Crippen molar-refractivity contribution in [2.45, 2.75) is 6.61 Å². The van der Waals surface area contributed by atoms with Gasteiger partial charge < -0.3 is 15.2 Å². The first-order valence-electron chi connectivity index (χ1n) is 8.80. The van der Waals surface area contributed by atoms with Crippen LogP contribution in [0.2, 0.25) is 5.02 Å². The Balaban J connectivity index is 1.68. The predicted octanol–water partition coefficient (Wildman–Crippen LogP) is 4.77. The van der Waals surface area contributed by atoms with Crippen molar-refractivity contribution in [1.82, 2.24) is 5.32 Å². The molecule has 5 nitrogen and oxygen atoms in total.